The highest BCUT2D eigenvalue weighted by atomic mass is 16.4. The summed E-state index contributed by atoms with van der Waals surface area (Å²) in [5.74, 6) is -1.47. The van der Waals surface area contributed by atoms with E-state index in [1.807, 2.05) is 19.9 Å². The fourth-order valence-corrected chi connectivity index (χ4v) is 2.47. The number of aryl methyl sites for hydroxylation is 1. The van der Waals surface area contributed by atoms with Gasteiger partial charge in [-0.3, -0.25) is 4.79 Å². The van der Waals surface area contributed by atoms with Gasteiger partial charge in [-0.1, -0.05) is 13.0 Å². The third-order valence-electron chi connectivity index (χ3n) is 3.83. The van der Waals surface area contributed by atoms with Gasteiger partial charge >= 0.3 is 12.0 Å². The predicted molar refractivity (Wildman–Crippen MR) is 76.8 cm³/mol. The zero-order chi connectivity index (χ0) is 15.6. The Hall–Kier alpha value is -2.55. The van der Waals surface area contributed by atoms with E-state index in [1.54, 1.807) is 18.2 Å². The Bertz CT molecular complexity index is 621. The summed E-state index contributed by atoms with van der Waals surface area (Å²) in [5.41, 5.74) is 1.89. The number of anilines is 1. The quantitative estimate of drug-likeness (QED) is 0.870. The van der Waals surface area contributed by atoms with E-state index >= 15 is 0 Å². The summed E-state index contributed by atoms with van der Waals surface area (Å²) in [6.45, 7) is 4.29. The molecule has 0 bridgehead atoms. The normalized spacial score (nSPS) is 20.9. The molecule has 1 aromatic rings. The number of nitrogens with one attached hydrogen (secondary N) is 1. The summed E-state index contributed by atoms with van der Waals surface area (Å²) in [6.07, 6.45) is 0. The fraction of sp³-hybridized carbons (Fsp3) is 0.400. The molecule has 1 aliphatic rings. The second-order valence-electron chi connectivity index (χ2n) is 5.40. The maximum atomic E-state index is 12.2. The molecule has 2 amide bonds. The van der Waals surface area contributed by atoms with E-state index in [-0.39, 0.29) is 18.5 Å². The van der Waals surface area contributed by atoms with Crippen molar-refractivity contribution in [3.63, 3.8) is 0 Å². The number of urea groups is 1. The number of amides is 2. The Balaban J connectivity index is 2.09. The zero-order valence-corrected chi connectivity index (χ0v) is 12.0. The smallest absolute Gasteiger partial charge is 0.321 e. The van der Waals surface area contributed by atoms with Crippen molar-refractivity contribution in [3.8, 4) is 6.07 Å². The minimum atomic E-state index is -0.875. The summed E-state index contributed by atoms with van der Waals surface area (Å²) in [4.78, 5) is 24.8. The van der Waals surface area contributed by atoms with Gasteiger partial charge in [0, 0.05) is 18.8 Å². The van der Waals surface area contributed by atoms with Crippen LogP contribution >= 0.6 is 0 Å². The van der Waals surface area contributed by atoms with Crippen LogP contribution in [-0.2, 0) is 4.79 Å². The summed E-state index contributed by atoms with van der Waals surface area (Å²) < 4.78 is 0. The number of carbonyl (C=O) groups excluding carboxylic acids is 1. The standard InChI is InChI=1S/C15H17N3O3/c1-9-3-4-11(6-16)5-13(9)17-15(21)18-7-10(2)12(8-18)14(19)20/h3-5,10,12H,7-8H2,1-2H3,(H,17,21)(H,19,20)/t10-,12-/m1/s1. The van der Waals surface area contributed by atoms with Crippen LogP contribution < -0.4 is 5.32 Å². The van der Waals surface area contributed by atoms with E-state index in [2.05, 4.69) is 5.32 Å². The Morgan fingerprint density at radius 3 is 2.71 bits per heavy atom. The van der Waals surface area contributed by atoms with Gasteiger partial charge in [-0.2, -0.15) is 5.26 Å². The number of benzene rings is 1. The van der Waals surface area contributed by atoms with Gasteiger partial charge in [0.15, 0.2) is 0 Å². The molecule has 21 heavy (non-hydrogen) atoms. The predicted octanol–water partition coefficient (Wildman–Crippen LogP) is 2.05. The maximum absolute atomic E-state index is 12.2. The minimum absolute atomic E-state index is 0.0696. The summed E-state index contributed by atoms with van der Waals surface area (Å²) in [5, 5.41) is 20.7. The number of nitrogens with zero attached hydrogens (tertiary/aromatic N) is 2. The first kappa shape index (κ1) is 14.9. The average molecular weight is 287 g/mol. The molecule has 0 radical (unpaired) electrons. The number of carbonyl (C=O) groups is 2. The van der Waals surface area contributed by atoms with Crippen molar-refractivity contribution in [2.75, 3.05) is 18.4 Å². The molecule has 6 heteroatoms. The largest absolute Gasteiger partial charge is 0.481 e. The third kappa shape index (κ3) is 3.14. The number of hydrogen-bond donors (Lipinski definition) is 2. The van der Waals surface area contributed by atoms with E-state index < -0.39 is 11.9 Å². The number of rotatable bonds is 2. The number of carboxylic acid groups (broad SMARTS) is 1. The third-order valence-corrected chi connectivity index (χ3v) is 3.83. The van der Waals surface area contributed by atoms with E-state index in [0.717, 1.165) is 5.56 Å². The molecule has 1 heterocycles. The van der Waals surface area contributed by atoms with Crippen molar-refractivity contribution in [1.82, 2.24) is 4.90 Å². The lowest BCUT2D eigenvalue weighted by Crippen LogP contribution is -2.34. The van der Waals surface area contributed by atoms with Gasteiger partial charge in [-0.15, -0.1) is 0 Å². The SMILES string of the molecule is Cc1ccc(C#N)cc1NC(=O)N1C[C@@H](C)[C@H](C(=O)O)C1. The fourth-order valence-electron chi connectivity index (χ4n) is 2.47. The van der Waals surface area contributed by atoms with E-state index in [0.29, 0.717) is 17.8 Å². The topological polar surface area (TPSA) is 93.4 Å². The van der Waals surface area contributed by atoms with Crippen LogP contribution in [0.15, 0.2) is 18.2 Å². The monoisotopic (exact) mass is 287 g/mol. The van der Waals surface area contributed by atoms with Gasteiger partial charge in [0.2, 0.25) is 0 Å². The second kappa shape index (κ2) is 5.83. The molecule has 2 rings (SSSR count). The van der Waals surface area contributed by atoms with Gasteiger partial charge in [-0.05, 0) is 30.5 Å². The van der Waals surface area contributed by atoms with Crippen LogP contribution in [0, 0.1) is 30.1 Å². The molecule has 1 aromatic carbocycles. The van der Waals surface area contributed by atoms with Gasteiger partial charge < -0.3 is 15.3 Å². The Kier molecular flexibility index (Phi) is 4.13. The highest BCUT2D eigenvalue weighted by molar-refractivity contribution is 5.91. The molecule has 0 unspecified atom stereocenters. The van der Waals surface area contributed by atoms with E-state index in [1.165, 1.54) is 4.90 Å². The first-order valence-corrected chi connectivity index (χ1v) is 6.72. The van der Waals surface area contributed by atoms with Crippen molar-refractivity contribution < 1.29 is 14.7 Å². The average Bonchev–Trinajstić information content (AvgIpc) is 2.83. The molecule has 1 saturated heterocycles. The number of aliphatic carboxylic acids is 1. The van der Waals surface area contributed by atoms with Gasteiger partial charge in [-0.25, -0.2) is 4.79 Å². The lowest BCUT2D eigenvalue weighted by molar-refractivity contribution is -0.142. The lowest BCUT2D eigenvalue weighted by Gasteiger charge is -2.18. The number of hydrogen-bond acceptors (Lipinski definition) is 3. The molecule has 2 atom stereocenters. The number of carboxylic acids is 1. The van der Waals surface area contributed by atoms with E-state index in [4.69, 9.17) is 10.4 Å². The first-order chi connectivity index (χ1) is 9.92. The maximum Gasteiger partial charge on any atom is 0.321 e. The molecular formula is C15H17N3O3. The summed E-state index contributed by atoms with van der Waals surface area (Å²) in [7, 11) is 0. The molecule has 6 nitrogen and oxygen atoms in total. The highest BCUT2D eigenvalue weighted by Gasteiger charge is 2.37. The molecule has 1 fully saturated rings. The molecule has 0 spiro atoms. The van der Waals surface area contributed by atoms with Crippen LogP contribution in [-0.4, -0.2) is 35.1 Å². The van der Waals surface area contributed by atoms with Crippen LogP contribution in [0.2, 0.25) is 0 Å². The van der Waals surface area contributed by atoms with Crippen LogP contribution in [0.3, 0.4) is 0 Å². The van der Waals surface area contributed by atoms with Crippen molar-refractivity contribution in [2.45, 2.75) is 13.8 Å². The first-order valence-electron chi connectivity index (χ1n) is 6.72. The highest BCUT2D eigenvalue weighted by Crippen LogP contribution is 2.24. The van der Waals surface area contributed by atoms with E-state index in [9.17, 15) is 9.59 Å². The van der Waals surface area contributed by atoms with Crippen LogP contribution in [0.25, 0.3) is 0 Å². The molecule has 0 aliphatic carbocycles. The zero-order valence-electron chi connectivity index (χ0n) is 12.0. The summed E-state index contributed by atoms with van der Waals surface area (Å²) >= 11 is 0. The van der Waals surface area contributed by atoms with Gasteiger partial charge in [0.05, 0.1) is 17.6 Å². The molecule has 0 saturated carbocycles. The Morgan fingerprint density at radius 2 is 2.14 bits per heavy atom. The van der Waals surface area contributed by atoms with Crippen molar-refractivity contribution >= 4 is 17.7 Å². The minimum Gasteiger partial charge on any atom is -0.481 e. The molecule has 0 aromatic heterocycles. The van der Waals surface area contributed by atoms with Crippen molar-refractivity contribution in [2.24, 2.45) is 11.8 Å². The van der Waals surface area contributed by atoms with Crippen LogP contribution in [0.4, 0.5) is 10.5 Å². The van der Waals surface area contributed by atoms with Gasteiger partial charge in [0.25, 0.3) is 0 Å². The number of nitriles is 1. The Morgan fingerprint density at radius 1 is 1.43 bits per heavy atom. The van der Waals surface area contributed by atoms with Crippen molar-refractivity contribution in [1.29, 1.82) is 5.26 Å². The molecule has 110 valence electrons. The van der Waals surface area contributed by atoms with Crippen LogP contribution in [0.5, 0.6) is 0 Å². The summed E-state index contributed by atoms with van der Waals surface area (Å²) in [6, 6.07) is 6.76. The Labute approximate surface area is 123 Å². The number of likely N-dealkylation sites (tertiary alicyclic amines) is 1. The lowest BCUT2D eigenvalue weighted by atomic mass is 9.99. The second-order valence-corrected chi connectivity index (χ2v) is 5.40. The molecule has 2 N–H and O–H groups in total. The molecule has 1 aliphatic heterocycles. The van der Waals surface area contributed by atoms with Crippen LogP contribution in [0.1, 0.15) is 18.1 Å². The van der Waals surface area contributed by atoms with Gasteiger partial charge in [0.1, 0.15) is 0 Å². The molecular weight excluding hydrogens is 270 g/mol. The van der Waals surface area contributed by atoms with Crippen molar-refractivity contribution in [3.05, 3.63) is 29.3 Å².